The van der Waals surface area contributed by atoms with E-state index in [2.05, 4.69) is 28.1 Å². The molecule has 7 nitrogen and oxygen atoms in total. The normalized spacial score (nSPS) is 19.9. The first-order valence-electron chi connectivity index (χ1n) is 13.4. The van der Waals surface area contributed by atoms with Crippen LogP contribution in [0.4, 0.5) is 4.39 Å². The number of carbonyl (C=O) groups excluding carboxylic acids is 1. The molecule has 2 N–H and O–H groups in total. The summed E-state index contributed by atoms with van der Waals surface area (Å²) in [7, 11) is 3.36. The number of aliphatic hydroxyl groups is 1. The molecule has 0 spiro atoms. The Morgan fingerprint density at radius 2 is 2.03 bits per heavy atom. The summed E-state index contributed by atoms with van der Waals surface area (Å²) in [5, 5.41) is 15.0. The van der Waals surface area contributed by atoms with Crippen molar-refractivity contribution in [1.29, 1.82) is 0 Å². The second-order valence-corrected chi connectivity index (χ2v) is 10.6. The van der Waals surface area contributed by atoms with Crippen LogP contribution < -0.4 is 10.1 Å². The van der Waals surface area contributed by atoms with Crippen LogP contribution in [-0.2, 0) is 13.0 Å². The predicted octanol–water partition coefficient (Wildman–Crippen LogP) is 4.78. The molecule has 4 aromatic rings. The summed E-state index contributed by atoms with van der Waals surface area (Å²) in [4.78, 5) is 15.1. The average molecular weight is 520 g/mol. The van der Waals surface area contributed by atoms with Crippen LogP contribution in [0.5, 0.6) is 5.75 Å². The van der Waals surface area contributed by atoms with Gasteiger partial charge >= 0.3 is 0 Å². The van der Waals surface area contributed by atoms with E-state index in [1.54, 1.807) is 31.2 Å². The van der Waals surface area contributed by atoms with Gasteiger partial charge in [-0.2, -0.15) is 0 Å². The second kappa shape index (κ2) is 10.1. The summed E-state index contributed by atoms with van der Waals surface area (Å²) in [6.45, 7) is 1.37. The van der Waals surface area contributed by atoms with Crippen LogP contribution in [-0.4, -0.2) is 66.5 Å². The lowest BCUT2D eigenvalue weighted by molar-refractivity contribution is 0.0586. The lowest BCUT2D eigenvalue weighted by Crippen LogP contribution is -2.51. The molecule has 2 atom stereocenters. The topological polar surface area (TPSA) is 79.9 Å². The van der Waals surface area contributed by atoms with E-state index in [1.165, 1.54) is 12.8 Å². The number of para-hydroxylation sites is 1. The summed E-state index contributed by atoms with van der Waals surface area (Å²) in [6.07, 6.45) is 2.15. The number of halogens is 1. The van der Waals surface area contributed by atoms with Crippen LogP contribution in [0.1, 0.15) is 35.2 Å². The largest absolute Gasteiger partial charge is 0.496 e. The third kappa shape index (κ3) is 4.46. The van der Waals surface area contributed by atoms with E-state index >= 15 is 0 Å². The Kier molecular flexibility index (Phi) is 6.61. The van der Waals surface area contributed by atoms with Gasteiger partial charge in [-0.15, -0.1) is 0 Å². The van der Waals surface area contributed by atoms with Gasteiger partial charge in [0.25, 0.3) is 5.91 Å². The Bertz CT molecular complexity index is 1490. The number of furan rings is 1. The molecular formula is C30H34FN3O4. The van der Waals surface area contributed by atoms with Crippen molar-refractivity contribution in [3.63, 3.8) is 0 Å². The molecule has 38 heavy (non-hydrogen) atoms. The zero-order chi connectivity index (χ0) is 26.4. The fourth-order valence-electron chi connectivity index (χ4n) is 5.84. The first-order chi connectivity index (χ1) is 18.5. The zero-order valence-corrected chi connectivity index (χ0v) is 21.9. The molecule has 0 radical (unpaired) electrons. The Morgan fingerprint density at radius 1 is 1.21 bits per heavy atom. The number of nitrogens with one attached hydrogen (secondary N) is 1. The molecule has 3 heterocycles. The number of nitrogens with zero attached hydrogens (tertiary/aromatic N) is 2. The molecule has 1 aliphatic heterocycles. The predicted molar refractivity (Wildman–Crippen MR) is 145 cm³/mol. The van der Waals surface area contributed by atoms with E-state index in [-0.39, 0.29) is 25.1 Å². The highest BCUT2D eigenvalue weighted by molar-refractivity contribution is 6.02. The molecule has 8 heteroatoms. The van der Waals surface area contributed by atoms with Crippen LogP contribution in [0, 0.1) is 5.92 Å². The van der Waals surface area contributed by atoms with Gasteiger partial charge in [-0.3, -0.25) is 4.79 Å². The molecule has 2 fully saturated rings. The maximum Gasteiger partial charge on any atom is 0.254 e. The highest BCUT2D eigenvalue weighted by Crippen LogP contribution is 2.43. The minimum atomic E-state index is -1.07. The highest BCUT2D eigenvalue weighted by atomic mass is 19.1. The van der Waals surface area contributed by atoms with E-state index in [1.807, 2.05) is 12.1 Å². The van der Waals surface area contributed by atoms with Gasteiger partial charge in [0.15, 0.2) is 5.76 Å². The van der Waals surface area contributed by atoms with Gasteiger partial charge in [0.2, 0.25) is 0 Å². The first kappa shape index (κ1) is 24.9. The molecule has 2 aliphatic rings. The molecule has 0 unspecified atom stereocenters. The van der Waals surface area contributed by atoms with Crippen LogP contribution >= 0.6 is 0 Å². The van der Waals surface area contributed by atoms with E-state index in [0.29, 0.717) is 48.0 Å². The highest BCUT2D eigenvalue weighted by Gasteiger charge is 2.32. The SMILES string of the molecule is CN[C@@H]1C[C@@H](F)CN(C(=O)c2cc(OC)c3c(CCO)c(-c4cc5ccccc5n4CC4CC4)oc3c2)C1. The van der Waals surface area contributed by atoms with E-state index in [9.17, 15) is 14.3 Å². The number of hydrogen-bond acceptors (Lipinski definition) is 5. The van der Waals surface area contributed by atoms with Gasteiger partial charge in [0, 0.05) is 54.2 Å². The van der Waals surface area contributed by atoms with Crippen molar-refractivity contribution in [3.8, 4) is 17.2 Å². The van der Waals surface area contributed by atoms with Crippen molar-refractivity contribution in [2.45, 2.75) is 44.4 Å². The second-order valence-electron chi connectivity index (χ2n) is 10.6. The van der Waals surface area contributed by atoms with Gasteiger partial charge in [0.1, 0.15) is 17.5 Å². The van der Waals surface area contributed by atoms with Crippen molar-refractivity contribution in [1.82, 2.24) is 14.8 Å². The van der Waals surface area contributed by atoms with Crippen LogP contribution in [0.2, 0.25) is 0 Å². The molecule has 1 aliphatic carbocycles. The number of ether oxygens (including phenoxy) is 1. The number of aliphatic hydroxyl groups excluding tert-OH is 1. The standard InChI is InChI=1S/C30H34FN3O4/c1-32-22-14-21(31)16-33(17-22)30(36)20-12-26(37-2)28-23(9-10-35)29(38-27(28)13-20)25-11-19-5-3-4-6-24(19)34(25)15-18-7-8-18/h3-6,11-13,18,21-22,32,35H,7-10,14-17H2,1-2H3/t21-,22-/m1/s1. The summed E-state index contributed by atoms with van der Waals surface area (Å²) < 4.78 is 29.0. The number of piperidine rings is 1. The number of likely N-dealkylation sites (N-methyl/N-ethyl adjacent to an activating group) is 1. The zero-order valence-electron chi connectivity index (χ0n) is 21.9. The minimum Gasteiger partial charge on any atom is -0.496 e. The van der Waals surface area contributed by atoms with Crippen molar-refractivity contribution in [2.24, 2.45) is 5.92 Å². The first-order valence-corrected chi connectivity index (χ1v) is 13.4. The van der Waals surface area contributed by atoms with E-state index in [4.69, 9.17) is 9.15 Å². The van der Waals surface area contributed by atoms with Crippen LogP contribution in [0.25, 0.3) is 33.3 Å². The van der Waals surface area contributed by atoms with Gasteiger partial charge in [-0.25, -0.2) is 4.39 Å². The van der Waals surface area contributed by atoms with Crippen molar-refractivity contribution in [3.05, 3.63) is 53.6 Å². The Morgan fingerprint density at radius 3 is 2.76 bits per heavy atom. The van der Waals surface area contributed by atoms with Gasteiger partial charge in [-0.1, -0.05) is 18.2 Å². The number of fused-ring (bicyclic) bond motifs is 2. The average Bonchev–Trinajstić information content (AvgIpc) is 3.58. The van der Waals surface area contributed by atoms with Gasteiger partial charge < -0.3 is 29.0 Å². The quantitative estimate of drug-likeness (QED) is 0.350. The Labute approximate surface area is 221 Å². The molecule has 2 aromatic heterocycles. The number of amides is 1. The number of rotatable bonds is 8. The monoisotopic (exact) mass is 519 g/mol. The lowest BCUT2D eigenvalue weighted by atomic mass is 10.0. The number of aromatic nitrogens is 1. The molecule has 0 bridgehead atoms. The number of methoxy groups -OCH3 is 1. The Balaban J connectivity index is 1.48. The van der Waals surface area contributed by atoms with Gasteiger partial charge in [-0.05, 0) is 56.5 Å². The van der Waals surface area contributed by atoms with E-state index in [0.717, 1.165) is 34.1 Å². The molecule has 6 rings (SSSR count). The maximum atomic E-state index is 14.4. The van der Waals surface area contributed by atoms with Crippen molar-refractivity contribution < 1.29 is 23.4 Å². The van der Waals surface area contributed by atoms with E-state index < -0.39 is 6.17 Å². The van der Waals surface area contributed by atoms with Crippen LogP contribution in [0.3, 0.4) is 0 Å². The number of likely N-dealkylation sites (tertiary alicyclic amines) is 1. The summed E-state index contributed by atoms with van der Waals surface area (Å²) in [5.74, 6) is 1.59. The fraction of sp³-hybridized carbons (Fsp3) is 0.433. The fourth-order valence-corrected chi connectivity index (χ4v) is 5.84. The summed E-state index contributed by atoms with van der Waals surface area (Å²) >= 11 is 0. The third-order valence-corrected chi connectivity index (χ3v) is 7.96. The molecule has 1 saturated heterocycles. The number of benzene rings is 2. The molecule has 1 amide bonds. The third-order valence-electron chi connectivity index (χ3n) is 7.96. The molecule has 200 valence electrons. The number of carbonyl (C=O) groups is 1. The van der Waals surface area contributed by atoms with Crippen LogP contribution in [0.15, 0.2) is 46.9 Å². The number of hydrogen-bond donors (Lipinski definition) is 2. The Hall–Kier alpha value is -3.36. The molecular weight excluding hydrogens is 485 g/mol. The smallest absolute Gasteiger partial charge is 0.254 e. The van der Waals surface area contributed by atoms with Crippen molar-refractivity contribution >= 4 is 27.8 Å². The van der Waals surface area contributed by atoms with Crippen molar-refractivity contribution in [2.75, 3.05) is 33.9 Å². The molecule has 1 saturated carbocycles. The lowest BCUT2D eigenvalue weighted by Gasteiger charge is -2.34. The van der Waals surface area contributed by atoms with Gasteiger partial charge in [0.05, 0.1) is 24.7 Å². The summed E-state index contributed by atoms with van der Waals surface area (Å²) in [6, 6.07) is 13.8. The number of alkyl halides is 1. The summed E-state index contributed by atoms with van der Waals surface area (Å²) in [5.41, 5.74) is 3.88. The maximum absolute atomic E-state index is 14.4. The molecule has 2 aromatic carbocycles. The minimum absolute atomic E-state index is 0.0502.